The van der Waals surface area contributed by atoms with Crippen LogP contribution in [-0.2, 0) is 0 Å². The van der Waals surface area contributed by atoms with Crippen molar-refractivity contribution in [2.45, 2.75) is 13.8 Å². The summed E-state index contributed by atoms with van der Waals surface area (Å²) in [5.74, 6) is 0. The third-order valence-electron chi connectivity index (χ3n) is 11.2. The highest BCUT2D eigenvalue weighted by atomic mass is 15.2. The molecule has 260 valence electrons. The highest BCUT2D eigenvalue weighted by Crippen LogP contribution is 2.56. The Kier molecular flexibility index (Phi) is 7.34. The smallest absolute Gasteiger partial charge is 0.0509 e. The van der Waals surface area contributed by atoms with E-state index in [9.17, 15) is 0 Å². The summed E-state index contributed by atoms with van der Waals surface area (Å²) in [5, 5.41) is 2.61. The predicted octanol–water partition coefficient (Wildman–Crippen LogP) is 13.9. The van der Waals surface area contributed by atoms with Gasteiger partial charge in [0.2, 0.25) is 0 Å². The minimum absolute atomic E-state index is 1.13. The third kappa shape index (κ3) is 4.98. The average Bonchev–Trinajstić information content (AvgIpc) is 3.20. The number of hydrogen-bond acceptors (Lipinski definition) is 4. The molecule has 0 bridgehead atoms. The molecule has 0 spiro atoms. The molecule has 0 atom stereocenters. The van der Waals surface area contributed by atoms with Crippen LogP contribution in [0.3, 0.4) is 0 Å². The van der Waals surface area contributed by atoms with Crippen molar-refractivity contribution < 1.29 is 0 Å². The van der Waals surface area contributed by atoms with Crippen LogP contribution in [0.15, 0.2) is 170 Å². The Hall–Kier alpha value is -6.78. The van der Waals surface area contributed by atoms with Crippen molar-refractivity contribution in [2.24, 2.45) is 0 Å². The molecule has 10 rings (SSSR count). The number of aryl methyl sites for hydroxylation is 2. The minimum Gasteiger partial charge on any atom is -0.344 e. The fourth-order valence-corrected chi connectivity index (χ4v) is 8.64. The first-order valence-corrected chi connectivity index (χ1v) is 18.6. The zero-order valence-corrected chi connectivity index (χ0v) is 31.0. The lowest BCUT2D eigenvalue weighted by molar-refractivity contribution is 1.18. The maximum Gasteiger partial charge on any atom is 0.0509 e. The monoisotopic (exact) mass is 696 g/mol. The molecule has 4 nitrogen and oxygen atoms in total. The van der Waals surface area contributed by atoms with Gasteiger partial charge >= 0.3 is 0 Å². The van der Waals surface area contributed by atoms with Crippen molar-refractivity contribution in [3.8, 4) is 22.3 Å². The fourth-order valence-electron chi connectivity index (χ4n) is 8.64. The number of hydrogen-bond donors (Lipinski definition) is 0. The van der Waals surface area contributed by atoms with E-state index in [2.05, 4.69) is 217 Å². The largest absolute Gasteiger partial charge is 0.344 e. The molecule has 8 aromatic carbocycles. The van der Waals surface area contributed by atoms with Gasteiger partial charge in [-0.3, -0.25) is 0 Å². The van der Waals surface area contributed by atoms with Crippen LogP contribution in [0.1, 0.15) is 11.1 Å². The molecule has 4 heteroatoms. The predicted molar refractivity (Wildman–Crippen MR) is 230 cm³/mol. The molecule has 0 saturated carbocycles. The van der Waals surface area contributed by atoms with Crippen LogP contribution >= 0.6 is 0 Å². The summed E-state index contributed by atoms with van der Waals surface area (Å²) < 4.78 is 0. The molecule has 0 saturated heterocycles. The Morgan fingerprint density at radius 2 is 0.685 bits per heavy atom. The van der Waals surface area contributed by atoms with Crippen LogP contribution in [0.25, 0.3) is 33.0 Å². The molecular formula is C50H40N4. The van der Waals surface area contributed by atoms with Crippen molar-refractivity contribution in [1.29, 1.82) is 0 Å². The van der Waals surface area contributed by atoms with E-state index in [0.717, 1.165) is 34.1 Å². The van der Waals surface area contributed by atoms with Crippen molar-refractivity contribution in [3.63, 3.8) is 0 Å². The first-order chi connectivity index (χ1) is 26.4. The van der Waals surface area contributed by atoms with Crippen LogP contribution in [0.2, 0.25) is 0 Å². The highest BCUT2D eigenvalue weighted by molar-refractivity contribution is 6.23. The van der Waals surface area contributed by atoms with Gasteiger partial charge in [-0.15, -0.1) is 0 Å². The minimum atomic E-state index is 1.13. The van der Waals surface area contributed by atoms with E-state index in [4.69, 9.17) is 0 Å². The first-order valence-electron chi connectivity index (χ1n) is 18.6. The Labute approximate surface area is 317 Å². The number of benzene rings is 8. The maximum absolute atomic E-state index is 2.38. The molecule has 0 aromatic heterocycles. The molecule has 0 unspecified atom stereocenters. The van der Waals surface area contributed by atoms with Crippen LogP contribution in [-0.4, -0.2) is 14.1 Å². The van der Waals surface area contributed by atoms with E-state index < -0.39 is 0 Å². The molecule has 0 amide bonds. The van der Waals surface area contributed by atoms with Gasteiger partial charge in [0, 0.05) is 81.5 Å². The van der Waals surface area contributed by atoms with Gasteiger partial charge in [0.15, 0.2) is 0 Å². The summed E-state index contributed by atoms with van der Waals surface area (Å²) in [6.07, 6.45) is 0. The molecule has 8 aromatic rings. The zero-order chi connectivity index (χ0) is 36.5. The quantitative estimate of drug-likeness (QED) is 0.172. The lowest BCUT2D eigenvalue weighted by Gasteiger charge is -2.37. The van der Waals surface area contributed by atoms with Crippen LogP contribution < -0.4 is 19.6 Å². The summed E-state index contributed by atoms with van der Waals surface area (Å²) in [7, 11) is 4.43. The molecule has 0 N–H and O–H groups in total. The second kappa shape index (κ2) is 12.4. The van der Waals surface area contributed by atoms with E-state index in [1.165, 1.54) is 66.9 Å². The molecule has 54 heavy (non-hydrogen) atoms. The zero-order valence-electron chi connectivity index (χ0n) is 31.0. The van der Waals surface area contributed by atoms with Crippen LogP contribution in [0.4, 0.5) is 56.9 Å². The summed E-state index contributed by atoms with van der Waals surface area (Å²) in [6.45, 7) is 4.31. The SMILES string of the molecule is Cc1cccc(N(c2ccccc2)c2ccc3c(c2)N(C)c2ccc4c5c(ccc-3c25)-c2ccc(N(c3ccccc3)c3cccc(C)c3)cc2N4C)c1. The van der Waals surface area contributed by atoms with E-state index in [1.54, 1.807) is 0 Å². The Balaban J connectivity index is 1.11. The van der Waals surface area contributed by atoms with Crippen LogP contribution in [0.5, 0.6) is 0 Å². The summed E-state index contributed by atoms with van der Waals surface area (Å²) in [5.41, 5.74) is 19.2. The van der Waals surface area contributed by atoms with Crippen molar-refractivity contribution in [1.82, 2.24) is 0 Å². The molecule has 0 fully saturated rings. The molecule has 2 aliphatic heterocycles. The van der Waals surface area contributed by atoms with Gasteiger partial charge in [-0.2, -0.15) is 0 Å². The second-order valence-corrected chi connectivity index (χ2v) is 14.6. The van der Waals surface area contributed by atoms with E-state index in [1.807, 2.05) is 0 Å². The van der Waals surface area contributed by atoms with Gasteiger partial charge in [-0.25, -0.2) is 0 Å². The topological polar surface area (TPSA) is 13.0 Å². The number of nitrogens with zero attached hydrogens (tertiary/aromatic N) is 4. The molecule has 0 radical (unpaired) electrons. The molecule has 0 aliphatic carbocycles. The Morgan fingerprint density at radius 3 is 1.09 bits per heavy atom. The summed E-state index contributed by atoms with van der Waals surface area (Å²) in [6, 6.07) is 62.0. The Morgan fingerprint density at radius 1 is 0.315 bits per heavy atom. The van der Waals surface area contributed by atoms with E-state index in [-0.39, 0.29) is 0 Å². The number of rotatable bonds is 6. The standard InChI is InChI=1S/C50H40N4/c1-33-13-11-19-37(29-33)53(35-15-7-5-8-16-35)39-21-23-41-43-25-26-44-42-24-22-40(54(36-17-9-6-10-18-36)38-20-12-14-34(2)30-38)32-48(42)52(4)46-28-27-45(49(43)50(44)46)51(3)47(41)31-39/h5-32H,1-4H3. The molecular weight excluding hydrogens is 657 g/mol. The fraction of sp³-hybridized carbons (Fsp3) is 0.0800. The van der Waals surface area contributed by atoms with E-state index >= 15 is 0 Å². The number of fused-ring (bicyclic) bond motifs is 4. The van der Waals surface area contributed by atoms with Gasteiger partial charge in [0.1, 0.15) is 0 Å². The van der Waals surface area contributed by atoms with Gasteiger partial charge in [0.25, 0.3) is 0 Å². The highest BCUT2D eigenvalue weighted by Gasteiger charge is 2.31. The number of para-hydroxylation sites is 2. The van der Waals surface area contributed by atoms with Crippen molar-refractivity contribution in [3.05, 3.63) is 181 Å². The van der Waals surface area contributed by atoms with Crippen molar-refractivity contribution in [2.75, 3.05) is 33.7 Å². The maximum atomic E-state index is 2.38. The van der Waals surface area contributed by atoms with Crippen molar-refractivity contribution >= 4 is 67.6 Å². The lowest BCUT2D eigenvalue weighted by Crippen LogP contribution is -2.20. The number of anilines is 10. The van der Waals surface area contributed by atoms with Gasteiger partial charge in [-0.1, -0.05) is 84.9 Å². The second-order valence-electron chi connectivity index (χ2n) is 14.6. The normalized spacial score (nSPS) is 12.4. The first kappa shape index (κ1) is 31.9. The van der Waals surface area contributed by atoms with Gasteiger partial charge in [-0.05, 0) is 121 Å². The molecule has 2 heterocycles. The van der Waals surface area contributed by atoms with Gasteiger partial charge in [0.05, 0.1) is 11.4 Å². The lowest BCUT2D eigenvalue weighted by atomic mass is 9.84. The average molecular weight is 697 g/mol. The van der Waals surface area contributed by atoms with Gasteiger partial charge < -0.3 is 19.6 Å². The summed E-state index contributed by atoms with van der Waals surface area (Å²) >= 11 is 0. The van der Waals surface area contributed by atoms with Crippen LogP contribution in [0, 0.1) is 13.8 Å². The Bertz CT molecular complexity index is 2550. The summed E-state index contributed by atoms with van der Waals surface area (Å²) in [4.78, 5) is 9.47. The molecule has 2 aliphatic rings. The van der Waals surface area contributed by atoms with E-state index in [0.29, 0.717) is 0 Å². The third-order valence-corrected chi connectivity index (χ3v) is 11.2.